The predicted octanol–water partition coefficient (Wildman–Crippen LogP) is 2.07. The van der Waals surface area contributed by atoms with E-state index in [2.05, 4.69) is 24.5 Å². The van der Waals surface area contributed by atoms with Gasteiger partial charge in [0.1, 0.15) is 0 Å². The lowest BCUT2D eigenvalue weighted by Crippen LogP contribution is -2.53. The Labute approximate surface area is 105 Å². The van der Waals surface area contributed by atoms with Gasteiger partial charge in [-0.15, -0.1) is 0 Å². The highest BCUT2D eigenvalue weighted by molar-refractivity contribution is 5.82. The topological polar surface area (TPSA) is 41.1 Å². The molecular weight excluding hydrogens is 212 g/mol. The summed E-state index contributed by atoms with van der Waals surface area (Å²) in [6.07, 6.45) is 7.61. The number of piperidine rings is 1. The minimum absolute atomic E-state index is 0.0348. The van der Waals surface area contributed by atoms with Gasteiger partial charge in [-0.05, 0) is 51.0 Å². The van der Waals surface area contributed by atoms with E-state index in [-0.39, 0.29) is 11.9 Å². The zero-order valence-electron chi connectivity index (χ0n) is 11.2. The molecule has 1 aliphatic carbocycles. The Bertz CT molecular complexity index is 261. The van der Waals surface area contributed by atoms with E-state index in [9.17, 15) is 4.79 Å². The van der Waals surface area contributed by atoms with Gasteiger partial charge in [0, 0.05) is 6.04 Å². The normalized spacial score (nSPS) is 32.4. The molecule has 3 atom stereocenters. The summed E-state index contributed by atoms with van der Waals surface area (Å²) in [6.45, 7) is 5.33. The van der Waals surface area contributed by atoms with Crippen molar-refractivity contribution in [2.24, 2.45) is 11.8 Å². The molecule has 2 aliphatic rings. The molecule has 0 bridgehead atoms. The van der Waals surface area contributed by atoms with E-state index in [0.29, 0.717) is 17.9 Å². The molecule has 2 N–H and O–H groups in total. The minimum atomic E-state index is 0.0348. The molecule has 1 aliphatic heterocycles. The average molecular weight is 238 g/mol. The average Bonchev–Trinajstić information content (AvgIpc) is 2.82. The van der Waals surface area contributed by atoms with E-state index >= 15 is 0 Å². The third-order valence-electron chi connectivity index (χ3n) is 4.53. The Kier molecular flexibility index (Phi) is 4.43. The van der Waals surface area contributed by atoms with Crippen molar-refractivity contribution in [2.45, 2.75) is 64.5 Å². The largest absolute Gasteiger partial charge is 0.352 e. The van der Waals surface area contributed by atoms with Crippen molar-refractivity contribution in [3.05, 3.63) is 0 Å². The van der Waals surface area contributed by atoms with Gasteiger partial charge in [-0.1, -0.05) is 19.8 Å². The number of rotatable bonds is 3. The number of carbonyl (C=O) groups excluding carboxylic acids is 1. The van der Waals surface area contributed by atoms with Crippen molar-refractivity contribution in [2.75, 3.05) is 6.54 Å². The zero-order chi connectivity index (χ0) is 12.3. The maximum Gasteiger partial charge on any atom is 0.237 e. The molecule has 1 amide bonds. The van der Waals surface area contributed by atoms with Crippen LogP contribution in [0.4, 0.5) is 0 Å². The SMILES string of the molecule is CC1CCCNC1C(=O)N[C@@H](C)C1CCCC1. The van der Waals surface area contributed by atoms with E-state index in [1.807, 2.05) is 0 Å². The second kappa shape index (κ2) is 5.85. The summed E-state index contributed by atoms with van der Waals surface area (Å²) in [5.41, 5.74) is 0. The van der Waals surface area contributed by atoms with Crippen molar-refractivity contribution in [1.29, 1.82) is 0 Å². The molecule has 0 spiro atoms. The second-order valence-electron chi connectivity index (χ2n) is 5.89. The van der Waals surface area contributed by atoms with Crippen LogP contribution in [0.15, 0.2) is 0 Å². The van der Waals surface area contributed by atoms with Crippen molar-refractivity contribution in [3.8, 4) is 0 Å². The quantitative estimate of drug-likeness (QED) is 0.790. The van der Waals surface area contributed by atoms with Gasteiger partial charge in [-0.2, -0.15) is 0 Å². The van der Waals surface area contributed by atoms with Crippen LogP contribution in [0.3, 0.4) is 0 Å². The van der Waals surface area contributed by atoms with Crippen LogP contribution in [0.1, 0.15) is 52.4 Å². The van der Waals surface area contributed by atoms with Gasteiger partial charge < -0.3 is 10.6 Å². The van der Waals surface area contributed by atoms with Gasteiger partial charge in [0.05, 0.1) is 6.04 Å². The van der Waals surface area contributed by atoms with Crippen LogP contribution in [0.25, 0.3) is 0 Å². The Morgan fingerprint density at radius 3 is 2.59 bits per heavy atom. The molecule has 17 heavy (non-hydrogen) atoms. The van der Waals surface area contributed by atoms with Gasteiger partial charge in [0.15, 0.2) is 0 Å². The number of hydrogen-bond donors (Lipinski definition) is 2. The molecule has 1 saturated carbocycles. The smallest absolute Gasteiger partial charge is 0.237 e. The summed E-state index contributed by atoms with van der Waals surface area (Å²) in [4.78, 5) is 12.2. The molecule has 3 nitrogen and oxygen atoms in total. The highest BCUT2D eigenvalue weighted by atomic mass is 16.2. The van der Waals surface area contributed by atoms with Crippen LogP contribution >= 0.6 is 0 Å². The van der Waals surface area contributed by atoms with Crippen LogP contribution in [-0.2, 0) is 4.79 Å². The highest BCUT2D eigenvalue weighted by Crippen LogP contribution is 2.27. The summed E-state index contributed by atoms with van der Waals surface area (Å²) >= 11 is 0. The lowest BCUT2D eigenvalue weighted by atomic mass is 9.91. The molecular formula is C14H26N2O. The molecule has 0 aromatic rings. The third-order valence-corrected chi connectivity index (χ3v) is 4.53. The first-order chi connectivity index (χ1) is 8.18. The predicted molar refractivity (Wildman–Crippen MR) is 69.8 cm³/mol. The molecule has 0 aromatic heterocycles. The number of carbonyl (C=O) groups is 1. The van der Waals surface area contributed by atoms with Crippen molar-refractivity contribution < 1.29 is 4.79 Å². The first kappa shape index (κ1) is 12.9. The first-order valence-electron chi connectivity index (χ1n) is 7.22. The maximum absolute atomic E-state index is 12.2. The zero-order valence-corrected chi connectivity index (χ0v) is 11.2. The van der Waals surface area contributed by atoms with E-state index < -0.39 is 0 Å². The fraction of sp³-hybridized carbons (Fsp3) is 0.929. The Morgan fingerprint density at radius 2 is 1.94 bits per heavy atom. The van der Waals surface area contributed by atoms with Crippen LogP contribution in [0.2, 0.25) is 0 Å². The third kappa shape index (κ3) is 3.21. The van der Waals surface area contributed by atoms with Crippen LogP contribution in [0, 0.1) is 11.8 Å². The van der Waals surface area contributed by atoms with Crippen molar-refractivity contribution in [3.63, 3.8) is 0 Å². The number of hydrogen-bond acceptors (Lipinski definition) is 2. The fourth-order valence-electron chi connectivity index (χ4n) is 3.29. The minimum Gasteiger partial charge on any atom is -0.352 e. The van der Waals surface area contributed by atoms with E-state index in [4.69, 9.17) is 0 Å². The maximum atomic E-state index is 12.2. The van der Waals surface area contributed by atoms with Crippen LogP contribution in [0.5, 0.6) is 0 Å². The Balaban J connectivity index is 1.82. The van der Waals surface area contributed by atoms with Gasteiger partial charge in [-0.25, -0.2) is 0 Å². The Morgan fingerprint density at radius 1 is 1.24 bits per heavy atom. The summed E-state index contributed by atoms with van der Waals surface area (Å²) in [5, 5.41) is 6.57. The number of nitrogens with one attached hydrogen (secondary N) is 2. The standard InChI is InChI=1S/C14H26N2O/c1-10-6-5-9-15-13(10)14(17)16-11(2)12-7-3-4-8-12/h10-13,15H,3-9H2,1-2H3,(H,16,17)/t10?,11-,13?/m0/s1. The molecule has 98 valence electrons. The molecule has 0 aromatic carbocycles. The monoisotopic (exact) mass is 238 g/mol. The molecule has 0 radical (unpaired) electrons. The summed E-state index contributed by atoms with van der Waals surface area (Å²) in [7, 11) is 0. The van der Waals surface area contributed by atoms with Crippen molar-refractivity contribution in [1.82, 2.24) is 10.6 Å². The molecule has 1 heterocycles. The molecule has 2 unspecified atom stereocenters. The lowest BCUT2D eigenvalue weighted by molar-refractivity contribution is -0.125. The molecule has 2 fully saturated rings. The molecule has 2 rings (SSSR count). The fourth-order valence-corrected chi connectivity index (χ4v) is 3.29. The Hall–Kier alpha value is -0.570. The second-order valence-corrected chi connectivity index (χ2v) is 5.89. The summed E-state index contributed by atoms with van der Waals surface area (Å²) in [5.74, 6) is 1.40. The lowest BCUT2D eigenvalue weighted by Gasteiger charge is -2.31. The summed E-state index contributed by atoms with van der Waals surface area (Å²) < 4.78 is 0. The number of amides is 1. The molecule has 1 saturated heterocycles. The van der Waals surface area contributed by atoms with Gasteiger partial charge in [-0.3, -0.25) is 4.79 Å². The van der Waals surface area contributed by atoms with Gasteiger partial charge in [0.25, 0.3) is 0 Å². The van der Waals surface area contributed by atoms with Gasteiger partial charge in [0.2, 0.25) is 5.91 Å². The van der Waals surface area contributed by atoms with Crippen molar-refractivity contribution >= 4 is 5.91 Å². The summed E-state index contributed by atoms with van der Waals surface area (Å²) in [6, 6.07) is 0.383. The van der Waals surface area contributed by atoms with E-state index in [1.165, 1.54) is 38.5 Å². The van der Waals surface area contributed by atoms with Crippen LogP contribution < -0.4 is 10.6 Å². The van der Waals surface area contributed by atoms with E-state index in [1.54, 1.807) is 0 Å². The highest BCUT2D eigenvalue weighted by Gasteiger charge is 2.30. The van der Waals surface area contributed by atoms with Crippen LogP contribution in [-0.4, -0.2) is 24.5 Å². The molecule has 3 heteroatoms. The van der Waals surface area contributed by atoms with Gasteiger partial charge >= 0.3 is 0 Å². The first-order valence-corrected chi connectivity index (χ1v) is 7.22. The van der Waals surface area contributed by atoms with E-state index in [0.717, 1.165) is 6.54 Å².